The van der Waals surface area contributed by atoms with Crippen LogP contribution in [0.25, 0.3) is 0 Å². The van der Waals surface area contributed by atoms with E-state index >= 15 is 0 Å². The van der Waals surface area contributed by atoms with Gasteiger partial charge in [-0.2, -0.15) is 5.10 Å². The largest absolute Gasteiger partial charge is 0.368 e. The summed E-state index contributed by atoms with van der Waals surface area (Å²) in [5, 5.41) is 9.96. The van der Waals surface area contributed by atoms with Gasteiger partial charge in [0.05, 0.1) is 24.8 Å². The van der Waals surface area contributed by atoms with Crippen LogP contribution in [0.1, 0.15) is 26.3 Å². The zero-order chi connectivity index (χ0) is 20.8. The van der Waals surface area contributed by atoms with Gasteiger partial charge in [0.15, 0.2) is 0 Å². The van der Waals surface area contributed by atoms with Gasteiger partial charge in [-0.3, -0.25) is 19.1 Å². The molecule has 0 atom stereocenters. The molecule has 3 amide bonds. The van der Waals surface area contributed by atoms with E-state index in [9.17, 15) is 14.4 Å². The molecule has 8 nitrogen and oxygen atoms in total. The van der Waals surface area contributed by atoms with Crippen molar-refractivity contribution >= 4 is 35.0 Å². The normalized spacial score (nSPS) is 10.4. The average molecular weight is 412 g/mol. The summed E-state index contributed by atoms with van der Waals surface area (Å²) < 4.78 is 1.63. The second kappa shape index (κ2) is 9.03. The third-order valence-corrected chi connectivity index (χ3v) is 4.38. The number of amides is 3. The van der Waals surface area contributed by atoms with E-state index in [0.717, 1.165) is 5.56 Å². The molecule has 3 aromatic rings. The van der Waals surface area contributed by atoms with Gasteiger partial charge >= 0.3 is 0 Å². The van der Waals surface area contributed by atoms with Crippen LogP contribution in [0.15, 0.2) is 60.9 Å². The zero-order valence-corrected chi connectivity index (χ0v) is 16.0. The highest BCUT2D eigenvalue weighted by molar-refractivity contribution is 6.31. The van der Waals surface area contributed by atoms with Gasteiger partial charge in [0.1, 0.15) is 0 Å². The lowest BCUT2D eigenvalue weighted by atomic mass is 10.2. The van der Waals surface area contributed by atoms with E-state index in [0.29, 0.717) is 28.4 Å². The summed E-state index contributed by atoms with van der Waals surface area (Å²) in [4.78, 5) is 35.0. The number of primary amides is 1. The molecule has 0 fully saturated rings. The SMILES string of the molecule is NC(=O)CNC(=O)c1ccc(NC(=O)c2cnn(Cc3ccccc3Cl)c2)cc1. The predicted octanol–water partition coefficient (Wildman–Crippen LogP) is 2.05. The fraction of sp³-hybridized carbons (Fsp3) is 0.100. The fourth-order valence-electron chi connectivity index (χ4n) is 2.55. The van der Waals surface area contributed by atoms with Crippen molar-refractivity contribution in [2.75, 3.05) is 11.9 Å². The van der Waals surface area contributed by atoms with Gasteiger partial charge in [-0.15, -0.1) is 0 Å². The minimum absolute atomic E-state index is 0.241. The number of nitrogens with one attached hydrogen (secondary N) is 2. The van der Waals surface area contributed by atoms with Gasteiger partial charge in [0.2, 0.25) is 5.91 Å². The van der Waals surface area contributed by atoms with Crippen LogP contribution in [0.5, 0.6) is 0 Å². The first kappa shape index (κ1) is 20.1. The minimum atomic E-state index is -0.627. The Morgan fingerprint density at radius 1 is 1.00 bits per heavy atom. The summed E-state index contributed by atoms with van der Waals surface area (Å²) in [6, 6.07) is 13.7. The molecule has 3 rings (SSSR count). The molecule has 0 bridgehead atoms. The van der Waals surface area contributed by atoms with Crippen LogP contribution < -0.4 is 16.4 Å². The highest BCUT2D eigenvalue weighted by Gasteiger charge is 2.11. The molecule has 9 heteroatoms. The maximum absolute atomic E-state index is 12.4. The van der Waals surface area contributed by atoms with Gasteiger partial charge in [-0.05, 0) is 35.9 Å². The Morgan fingerprint density at radius 2 is 1.72 bits per heavy atom. The maximum Gasteiger partial charge on any atom is 0.258 e. The zero-order valence-electron chi connectivity index (χ0n) is 15.3. The lowest BCUT2D eigenvalue weighted by Crippen LogP contribution is -2.33. The molecule has 1 heterocycles. The number of nitrogens with zero attached hydrogens (tertiary/aromatic N) is 2. The van der Waals surface area contributed by atoms with E-state index in [-0.39, 0.29) is 12.5 Å². The fourth-order valence-corrected chi connectivity index (χ4v) is 2.74. The quantitative estimate of drug-likeness (QED) is 0.551. The molecule has 0 saturated heterocycles. The van der Waals surface area contributed by atoms with Crippen molar-refractivity contribution in [3.05, 3.63) is 82.6 Å². The lowest BCUT2D eigenvalue weighted by Gasteiger charge is -2.06. The molecule has 0 spiro atoms. The van der Waals surface area contributed by atoms with Crippen molar-refractivity contribution in [1.29, 1.82) is 0 Å². The number of hydrogen-bond acceptors (Lipinski definition) is 4. The molecule has 0 unspecified atom stereocenters. The third kappa shape index (κ3) is 5.43. The number of carbonyl (C=O) groups is 3. The average Bonchev–Trinajstić information content (AvgIpc) is 3.17. The number of anilines is 1. The number of benzene rings is 2. The van der Waals surface area contributed by atoms with Crippen LogP contribution in [0.3, 0.4) is 0 Å². The summed E-state index contributed by atoms with van der Waals surface area (Å²) in [5.41, 5.74) is 7.14. The number of hydrogen-bond donors (Lipinski definition) is 3. The topological polar surface area (TPSA) is 119 Å². The molecule has 29 heavy (non-hydrogen) atoms. The standard InChI is InChI=1S/C20H18ClN5O3/c21-17-4-2-1-3-14(17)11-26-12-15(9-24-26)20(29)25-16-7-5-13(6-8-16)19(28)23-10-18(22)27/h1-9,12H,10-11H2,(H2,22,27)(H,23,28)(H,25,29). The van der Waals surface area contributed by atoms with Gasteiger partial charge in [-0.25, -0.2) is 0 Å². The van der Waals surface area contributed by atoms with Crippen LogP contribution in [-0.4, -0.2) is 34.0 Å². The summed E-state index contributed by atoms with van der Waals surface area (Å²) in [6.07, 6.45) is 3.10. The van der Waals surface area contributed by atoms with Gasteiger partial charge in [0, 0.05) is 22.5 Å². The second-order valence-corrected chi connectivity index (χ2v) is 6.61. The van der Waals surface area contributed by atoms with Crippen LogP contribution >= 0.6 is 11.6 Å². The summed E-state index contributed by atoms with van der Waals surface area (Å²) in [5.74, 6) is -1.39. The van der Waals surface area contributed by atoms with Crippen molar-refractivity contribution < 1.29 is 14.4 Å². The molecular weight excluding hydrogens is 394 g/mol. The molecule has 0 saturated carbocycles. The Labute approximate surface area is 171 Å². The van der Waals surface area contributed by atoms with Gasteiger partial charge < -0.3 is 16.4 Å². The van der Waals surface area contributed by atoms with E-state index in [1.165, 1.54) is 18.3 Å². The Hall–Kier alpha value is -3.65. The minimum Gasteiger partial charge on any atom is -0.368 e. The highest BCUT2D eigenvalue weighted by Crippen LogP contribution is 2.16. The molecule has 2 aromatic carbocycles. The molecule has 1 aromatic heterocycles. The summed E-state index contributed by atoms with van der Waals surface area (Å²) >= 11 is 6.15. The van der Waals surface area contributed by atoms with Crippen molar-refractivity contribution in [2.24, 2.45) is 5.73 Å². The molecule has 0 aliphatic heterocycles. The molecule has 0 radical (unpaired) electrons. The first-order chi connectivity index (χ1) is 13.9. The highest BCUT2D eigenvalue weighted by atomic mass is 35.5. The van der Waals surface area contributed by atoms with Crippen molar-refractivity contribution in [2.45, 2.75) is 6.54 Å². The number of rotatable bonds is 7. The van der Waals surface area contributed by atoms with Crippen molar-refractivity contribution in [3.8, 4) is 0 Å². The maximum atomic E-state index is 12.4. The molecule has 4 N–H and O–H groups in total. The summed E-state index contributed by atoms with van der Waals surface area (Å²) in [7, 11) is 0. The van der Waals surface area contributed by atoms with Crippen molar-refractivity contribution in [3.63, 3.8) is 0 Å². The van der Waals surface area contributed by atoms with E-state index in [1.807, 2.05) is 18.2 Å². The molecular formula is C20H18ClN5O3. The molecule has 0 aliphatic carbocycles. The summed E-state index contributed by atoms with van der Waals surface area (Å²) in [6.45, 7) is 0.206. The van der Waals surface area contributed by atoms with Gasteiger partial charge in [0.25, 0.3) is 11.8 Å². The van der Waals surface area contributed by atoms with Gasteiger partial charge in [-0.1, -0.05) is 29.8 Å². The number of aromatic nitrogens is 2. The Balaban J connectivity index is 1.60. The van der Waals surface area contributed by atoms with E-state index in [2.05, 4.69) is 15.7 Å². The van der Waals surface area contributed by atoms with E-state index in [4.69, 9.17) is 17.3 Å². The lowest BCUT2D eigenvalue weighted by molar-refractivity contribution is -0.117. The Kier molecular flexibility index (Phi) is 6.25. The first-order valence-corrected chi connectivity index (χ1v) is 9.04. The predicted molar refractivity (Wildman–Crippen MR) is 109 cm³/mol. The molecule has 148 valence electrons. The Morgan fingerprint density at radius 3 is 2.41 bits per heavy atom. The number of carbonyl (C=O) groups excluding carboxylic acids is 3. The Bertz CT molecular complexity index is 1050. The third-order valence-electron chi connectivity index (χ3n) is 4.01. The van der Waals surface area contributed by atoms with Crippen LogP contribution in [-0.2, 0) is 11.3 Å². The van der Waals surface area contributed by atoms with Crippen LogP contribution in [0, 0.1) is 0 Å². The van der Waals surface area contributed by atoms with Crippen LogP contribution in [0.2, 0.25) is 5.02 Å². The van der Waals surface area contributed by atoms with E-state index < -0.39 is 11.8 Å². The molecule has 0 aliphatic rings. The smallest absolute Gasteiger partial charge is 0.258 e. The number of halogens is 1. The van der Waals surface area contributed by atoms with Crippen LogP contribution in [0.4, 0.5) is 5.69 Å². The van der Waals surface area contributed by atoms with Crippen molar-refractivity contribution in [1.82, 2.24) is 15.1 Å². The second-order valence-electron chi connectivity index (χ2n) is 6.20. The number of nitrogens with two attached hydrogens (primary N) is 1. The monoisotopic (exact) mass is 411 g/mol. The first-order valence-electron chi connectivity index (χ1n) is 8.66. The van der Waals surface area contributed by atoms with E-state index in [1.54, 1.807) is 29.1 Å².